The molecule has 0 aromatic heterocycles. The van der Waals surface area contributed by atoms with Crippen LogP contribution in [0.15, 0.2) is 42.5 Å². The Hall–Kier alpha value is -2.08. The topological polar surface area (TPSA) is 58.6 Å². The van der Waals surface area contributed by atoms with Crippen molar-refractivity contribution in [2.45, 2.75) is 25.4 Å². The fourth-order valence-electron chi connectivity index (χ4n) is 3.41. The minimum absolute atomic E-state index is 0.127. The number of ether oxygens (including phenoxy) is 1. The van der Waals surface area contributed by atoms with Crippen molar-refractivity contribution < 1.29 is 14.3 Å². The van der Waals surface area contributed by atoms with Gasteiger partial charge in [-0.25, -0.2) is 0 Å². The molecule has 7 heteroatoms. The van der Waals surface area contributed by atoms with Crippen LogP contribution in [0.1, 0.15) is 16.7 Å². The Kier molecular flexibility index (Phi) is 6.94. The van der Waals surface area contributed by atoms with Crippen LogP contribution in [0.4, 0.5) is 0 Å². The van der Waals surface area contributed by atoms with Crippen molar-refractivity contribution in [3.8, 4) is 0 Å². The molecule has 2 aromatic carbocycles. The summed E-state index contributed by atoms with van der Waals surface area (Å²) in [5.74, 6) is -0.464. The first-order chi connectivity index (χ1) is 13.5. The SMILES string of the molecule is COC(=O)[C@H]1Cc2ccccc2CN1CC(=O)NCCc1ccc(Cl)cc1Cl. The van der Waals surface area contributed by atoms with Crippen LogP contribution in [0.5, 0.6) is 0 Å². The second-order valence-corrected chi connectivity index (χ2v) is 7.60. The normalized spacial score (nSPS) is 16.3. The van der Waals surface area contributed by atoms with Gasteiger partial charge < -0.3 is 10.1 Å². The lowest BCUT2D eigenvalue weighted by molar-refractivity contribution is -0.148. The van der Waals surface area contributed by atoms with Crippen molar-refractivity contribution >= 4 is 35.1 Å². The number of nitrogens with zero attached hydrogens (tertiary/aromatic N) is 1. The molecule has 1 atom stereocenters. The highest BCUT2D eigenvalue weighted by molar-refractivity contribution is 6.35. The van der Waals surface area contributed by atoms with Crippen molar-refractivity contribution in [1.29, 1.82) is 0 Å². The van der Waals surface area contributed by atoms with Crippen LogP contribution in [-0.4, -0.2) is 43.0 Å². The van der Waals surface area contributed by atoms with Gasteiger partial charge in [0.15, 0.2) is 0 Å². The molecule has 28 heavy (non-hydrogen) atoms. The van der Waals surface area contributed by atoms with E-state index in [9.17, 15) is 9.59 Å². The molecule has 0 saturated heterocycles. The number of carbonyl (C=O) groups is 2. The Bertz CT molecular complexity index is 872. The van der Waals surface area contributed by atoms with Crippen LogP contribution in [0, 0.1) is 0 Å². The van der Waals surface area contributed by atoms with E-state index < -0.39 is 6.04 Å². The molecular formula is C21H22Cl2N2O3. The number of carbonyl (C=O) groups excluding carboxylic acids is 2. The Labute approximate surface area is 174 Å². The Morgan fingerprint density at radius 1 is 1.18 bits per heavy atom. The zero-order valence-corrected chi connectivity index (χ0v) is 17.1. The molecule has 1 amide bonds. The van der Waals surface area contributed by atoms with Crippen molar-refractivity contribution in [3.05, 3.63) is 69.2 Å². The number of methoxy groups -OCH3 is 1. The van der Waals surface area contributed by atoms with E-state index in [1.165, 1.54) is 7.11 Å². The zero-order chi connectivity index (χ0) is 20.1. The largest absolute Gasteiger partial charge is 0.468 e. The summed E-state index contributed by atoms with van der Waals surface area (Å²) in [6.45, 7) is 1.11. The number of fused-ring (bicyclic) bond motifs is 1. The zero-order valence-electron chi connectivity index (χ0n) is 15.6. The van der Waals surface area contributed by atoms with E-state index in [4.69, 9.17) is 27.9 Å². The predicted molar refractivity (Wildman–Crippen MR) is 110 cm³/mol. The summed E-state index contributed by atoms with van der Waals surface area (Å²) in [6, 6.07) is 12.8. The lowest BCUT2D eigenvalue weighted by Gasteiger charge is -2.34. The van der Waals surface area contributed by atoms with Gasteiger partial charge in [0.1, 0.15) is 6.04 Å². The van der Waals surface area contributed by atoms with Gasteiger partial charge >= 0.3 is 5.97 Å². The average molecular weight is 421 g/mol. The molecule has 1 aliphatic rings. The minimum Gasteiger partial charge on any atom is -0.468 e. The number of benzene rings is 2. The molecule has 0 unspecified atom stereocenters. The first kappa shape index (κ1) is 20.6. The van der Waals surface area contributed by atoms with Crippen LogP contribution >= 0.6 is 23.2 Å². The quantitative estimate of drug-likeness (QED) is 0.728. The minimum atomic E-state index is -0.462. The molecule has 1 aliphatic heterocycles. The van der Waals surface area contributed by atoms with E-state index in [0.717, 1.165) is 16.7 Å². The molecule has 0 spiro atoms. The number of nitrogens with one attached hydrogen (secondary N) is 1. The van der Waals surface area contributed by atoms with E-state index in [1.807, 2.05) is 35.2 Å². The van der Waals surface area contributed by atoms with Crippen molar-refractivity contribution in [2.75, 3.05) is 20.2 Å². The van der Waals surface area contributed by atoms with Gasteiger partial charge in [0, 0.05) is 23.1 Å². The van der Waals surface area contributed by atoms with Crippen molar-refractivity contribution in [2.24, 2.45) is 0 Å². The third kappa shape index (κ3) is 5.04. The summed E-state index contributed by atoms with van der Waals surface area (Å²) in [7, 11) is 1.37. The van der Waals surface area contributed by atoms with E-state index in [1.54, 1.807) is 12.1 Å². The highest BCUT2D eigenvalue weighted by atomic mass is 35.5. The van der Waals surface area contributed by atoms with Gasteiger partial charge in [0.2, 0.25) is 5.91 Å². The maximum atomic E-state index is 12.5. The van der Waals surface area contributed by atoms with Crippen LogP contribution in [-0.2, 0) is 33.7 Å². The molecule has 0 fully saturated rings. The van der Waals surface area contributed by atoms with Crippen LogP contribution in [0.2, 0.25) is 10.0 Å². The van der Waals surface area contributed by atoms with E-state index in [-0.39, 0.29) is 18.4 Å². The molecule has 0 aliphatic carbocycles. The molecule has 3 rings (SSSR count). The van der Waals surface area contributed by atoms with E-state index >= 15 is 0 Å². The highest BCUT2D eigenvalue weighted by Crippen LogP contribution is 2.24. The van der Waals surface area contributed by atoms with E-state index in [2.05, 4.69) is 5.32 Å². The summed E-state index contributed by atoms with van der Waals surface area (Å²) < 4.78 is 4.94. The second kappa shape index (κ2) is 9.41. The summed E-state index contributed by atoms with van der Waals surface area (Å²) in [5, 5.41) is 4.06. The first-order valence-electron chi connectivity index (χ1n) is 9.07. The Morgan fingerprint density at radius 2 is 1.93 bits per heavy atom. The predicted octanol–water partition coefficient (Wildman–Crippen LogP) is 3.25. The second-order valence-electron chi connectivity index (χ2n) is 6.75. The Balaban J connectivity index is 1.59. The highest BCUT2D eigenvalue weighted by Gasteiger charge is 2.33. The number of hydrogen-bond donors (Lipinski definition) is 1. The third-order valence-electron chi connectivity index (χ3n) is 4.90. The van der Waals surface area contributed by atoms with Gasteiger partial charge in [0.25, 0.3) is 0 Å². The summed E-state index contributed by atoms with van der Waals surface area (Å²) in [4.78, 5) is 26.5. The molecular weight excluding hydrogens is 399 g/mol. The lowest BCUT2D eigenvalue weighted by Crippen LogP contribution is -2.50. The van der Waals surface area contributed by atoms with Crippen molar-refractivity contribution in [3.63, 3.8) is 0 Å². The average Bonchev–Trinajstić information content (AvgIpc) is 2.68. The molecule has 0 radical (unpaired) electrons. The van der Waals surface area contributed by atoms with Gasteiger partial charge in [-0.05, 0) is 41.7 Å². The lowest BCUT2D eigenvalue weighted by atomic mass is 9.94. The van der Waals surface area contributed by atoms with Crippen LogP contribution in [0.3, 0.4) is 0 Å². The molecule has 148 valence electrons. The fraction of sp³-hybridized carbons (Fsp3) is 0.333. The van der Waals surface area contributed by atoms with Gasteiger partial charge in [0.05, 0.1) is 13.7 Å². The third-order valence-corrected chi connectivity index (χ3v) is 5.48. The molecule has 2 aromatic rings. The summed E-state index contributed by atoms with van der Waals surface area (Å²) >= 11 is 12.1. The summed E-state index contributed by atoms with van der Waals surface area (Å²) in [6.07, 6.45) is 1.14. The molecule has 1 N–H and O–H groups in total. The number of esters is 1. The van der Waals surface area contributed by atoms with Gasteiger partial charge in [-0.2, -0.15) is 0 Å². The number of rotatable bonds is 6. The molecule has 5 nitrogen and oxygen atoms in total. The first-order valence-corrected chi connectivity index (χ1v) is 9.83. The van der Waals surface area contributed by atoms with Crippen LogP contribution in [0.25, 0.3) is 0 Å². The maximum absolute atomic E-state index is 12.5. The standard InChI is InChI=1S/C21H22Cl2N2O3/c1-28-21(27)19-10-15-4-2-3-5-16(15)12-25(19)13-20(26)24-9-8-14-6-7-17(22)11-18(14)23/h2-7,11,19H,8-10,12-13H2,1H3,(H,24,26)/t19-/m1/s1. The number of amides is 1. The number of halogens is 2. The van der Waals surface area contributed by atoms with Gasteiger partial charge in [-0.1, -0.05) is 53.5 Å². The van der Waals surface area contributed by atoms with Crippen molar-refractivity contribution in [1.82, 2.24) is 10.2 Å². The van der Waals surface area contributed by atoms with Crippen LogP contribution < -0.4 is 5.32 Å². The van der Waals surface area contributed by atoms with E-state index in [0.29, 0.717) is 36.0 Å². The molecule has 1 heterocycles. The van der Waals surface area contributed by atoms with Gasteiger partial charge in [-0.3, -0.25) is 14.5 Å². The maximum Gasteiger partial charge on any atom is 0.323 e. The molecule has 0 saturated carbocycles. The van der Waals surface area contributed by atoms with Gasteiger partial charge in [-0.15, -0.1) is 0 Å². The monoisotopic (exact) mass is 420 g/mol. The summed E-state index contributed by atoms with van der Waals surface area (Å²) in [5.41, 5.74) is 3.17. The smallest absolute Gasteiger partial charge is 0.323 e. The fourth-order valence-corrected chi connectivity index (χ4v) is 3.92. The molecule has 0 bridgehead atoms. The Morgan fingerprint density at radius 3 is 2.64 bits per heavy atom. The number of hydrogen-bond acceptors (Lipinski definition) is 4.